The Bertz CT molecular complexity index is 531. The van der Waals surface area contributed by atoms with E-state index in [0.29, 0.717) is 6.42 Å². The van der Waals surface area contributed by atoms with Crippen LogP contribution in [0.2, 0.25) is 0 Å². The number of benzene rings is 2. The number of ether oxygens (including phenoxy) is 1. The van der Waals surface area contributed by atoms with Crippen LogP contribution in [0.25, 0.3) is 10.8 Å². The van der Waals surface area contributed by atoms with E-state index in [1.54, 1.807) is 7.11 Å². The molecule has 0 saturated carbocycles. The van der Waals surface area contributed by atoms with Crippen LogP contribution in [-0.2, 0) is 0 Å². The van der Waals surface area contributed by atoms with Crippen molar-refractivity contribution in [3.05, 3.63) is 42.0 Å². The summed E-state index contributed by atoms with van der Waals surface area (Å²) in [5, 5.41) is 11.2. The van der Waals surface area contributed by atoms with Gasteiger partial charge < -0.3 is 15.6 Å². The summed E-state index contributed by atoms with van der Waals surface area (Å²) >= 11 is 0. The minimum absolute atomic E-state index is 0. The van der Waals surface area contributed by atoms with Gasteiger partial charge in [-0.1, -0.05) is 30.3 Å². The second kappa shape index (κ2) is 7.34. The molecule has 0 spiro atoms. The maximum Gasteiger partial charge on any atom is 0.124 e. The third-order valence-corrected chi connectivity index (χ3v) is 3.19. The van der Waals surface area contributed by atoms with Crippen LogP contribution in [0.5, 0.6) is 5.75 Å². The van der Waals surface area contributed by atoms with Crippen LogP contribution >= 0.6 is 12.4 Å². The molecule has 2 aromatic carbocycles. The van der Waals surface area contributed by atoms with E-state index in [9.17, 15) is 0 Å². The van der Waals surface area contributed by atoms with E-state index >= 15 is 0 Å². The Morgan fingerprint density at radius 3 is 2.63 bits per heavy atom. The Hall–Kier alpha value is -1.29. The van der Waals surface area contributed by atoms with Gasteiger partial charge in [-0.15, -0.1) is 12.4 Å². The number of nitrogens with two attached hydrogens (primary N) is 1. The lowest BCUT2D eigenvalue weighted by Gasteiger charge is -2.18. The molecule has 0 aliphatic heterocycles. The highest BCUT2D eigenvalue weighted by Crippen LogP contribution is 2.33. The number of aliphatic hydroxyl groups is 1. The Labute approximate surface area is 119 Å². The molecule has 1 atom stereocenters. The van der Waals surface area contributed by atoms with Gasteiger partial charge in [-0.05, 0) is 29.7 Å². The van der Waals surface area contributed by atoms with Crippen molar-refractivity contribution in [1.82, 2.24) is 0 Å². The van der Waals surface area contributed by atoms with Crippen LogP contribution in [0.1, 0.15) is 24.4 Å². The fourth-order valence-corrected chi connectivity index (χ4v) is 2.29. The number of methoxy groups -OCH3 is 1. The predicted molar refractivity (Wildman–Crippen MR) is 81.0 cm³/mol. The van der Waals surface area contributed by atoms with E-state index in [1.807, 2.05) is 24.3 Å². The lowest BCUT2D eigenvalue weighted by Crippen LogP contribution is -2.12. The molecule has 2 aromatic rings. The first kappa shape index (κ1) is 15.8. The molecule has 19 heavy (non-hydrogen) atoms. The quantitative estimate of drug-likeness (QED) is 0.886. The molecule has 0 heterocycles. The van der Waals surface area contributed by atoms with Crippen molar-refractivity contribution in [2.45, 2.75) is 18.9 Å². The number of halogens is 1. The van der Waals surface area contributed by atoms with Crippen LogP contribution in [0, 0.1) is 0 Å². The molecule has 0 fully saturated rings. The van der Waals surface area contributed by atoms with Crippen LogP contribution in [0.4, 0.5) is 0 Å². The largest absolute Gasteiger partial charge is 0.496 e. The lowest BCUT2D eigenvalue weighted by atomic mass is 9.95. The first-order valence-electron chi connectivity index (χ1n) is 6.20. The number of rotatable bonds is 5. The van der Waals surface area contributed by atoms with Crippen LogP contribution in [-0.4, -0.2) is 18.8 Å². The predicted octanol–water partition coefficient (Wildman–Crippen LogP) is 3.04. The number of fused-ring (bicyclic) bond motifs is 1. The van der Waals surface area contributed by atoms with Gasteiger partial charge in [-0.2, -0.15) is 0 Å². The van der Waals surface area contributed by atoms with Gasteiger partial charge in [0.1, 0.15) is 5.75 Å². The summed E-state index contributed by atoms with van der Waals surface area (Å²) < 4.78 is 5.41. The molecule has 0 aliphatic rings. The van der Waals surface area contributed by atoms with Crippen molar-refractivity contribution in [2.75, 3.05) is 13.7 Å². The Kier molecular flexibility index (Phi) is 6.09. The highest BCUT2D eigenvalue weighted by Gasteiger charge is 2.15. The fraction of sp³-hybridized carbons (Fsp3) is 0.333. The van der Waals surface area contributed by atoms with Crippen molar-refractivity contribution in [2.24, 2.45) is 5.73 Å². The molecule has 3 nitrogen and oxygen atoms in total. The average molecular weight is 282 g/mol. The van der Waals surface area contributed by atoms with Crippen LogP contribution in [0.15, 0.2) is 36.4 Å². The molecule has 0 unspecified atom stereocenters. The van der Waals surface area contributed by atoms with Gasteiger partial charge in [0, 0.05) is 18.2 Å². The second-order valence-electron chi connectivity index (χ2n) is 4.37. The minimum Gasteiger partial charge on any atom is -0.496 e. The van der Waals surface area contributed by atoms with E-state index in [2.05, 4.69) is 12.1 Å². The third-order valence-electron chi connectivity index (χ3n) is 3.19. The summed E-state index contributed by atoms with van der Waals surface area (Å²) in [7, 11) is 1.66. The summed E-state index contributed by atoms with van der Waals surface area (Å²) in [4.78, 5) is 0. The van der Waals surface area contributed by atoms with Crippen molar-refractivity contribution in [3.63, 3.8) is 0 Å². The third kappa shape index (κ3) is 3.38. The van der Waals surface area contributed by atoms with Crippen LogP contribution < -0.4 is 10.5 Å². The molecule has 4 heteroatoms. The van der Waals surface area contributed by atoms with E-state index in [4.69, 9.17) is 15.6 Å². The molecular formula is C15H20ClNO2. The first-order valence-corrected chi connectivity index (χ1v) is 6.20. The van der Waals surface area contributed by atoms with E-state index in [0.717, 1.165) is 28.5 Å². The summed E-state index contributed by atoms with van der Waals surface area (Å²) in [6.45, 7) is 0.167. The van der Waals surface area contributed by atoms with Crippen molar-refractivity contribution in [1.29, 1.82) is 0 Å². The average Bonchev–Trinajstić information content (AvgIpc) is 2.43. The topological polar surface area (TPSA) is 55.5 Å². The molecule has 0 saturated heterocycles. The van der Waals surface area contributed by atoms with E-state index < -0.39 is 0 Å². The molecule has 3 N–H and O–H groups in total. The maximum absolute atomic E-state index is 8.92. The molecule has 2 rings (SSSR count). The molecule has 0 bridgehead atoms. The zero-order valence-electron chi connectivity index (χ0n) is 11.0. The van der Waals surface area contributed by atoms with Gasteiger partial charge in [0.2, 0.25) is 0 Å². The van der Waals surface area contributed by atoms with Gasteiger partial charge in [-0.25, -0.2) is 0 Å². The number of hydrogen-bond donors (Lipinski definition) is 2. The Morgan fingerprint density at radius 1 is 1.21 bits per heavy atom. The van der Waals surface area contributed by atoms with Gasteiger partial charge in [-0.3, -0.25) is 0 Å². The molecule has 0 aromatic heterocycles. The second-order valence-corrected chi connectivity index (χ2v) is 4.37. The number of hydrogen-bond acceptors (Lipinski definition) is 3. The first-order chi connectivity index (χ1) is 8.77. The van der Waals surface area contributed by atoms with Gasteiger partial charge in [0.05, 0.1) is 7.11 Å². The van der Waals surface area contributed by atoms with Crippen molar-refractivity contribution < 1.29 is 9.84 Å². The Morgan fingerprint density at radius 2 is 1.95 bits per heavy atom. The van der Waals surface area contributed by atoms with Crippen molar-refractivity contribution in [3.8, 4) is 5.75 Å². The van der Waals surface area contributed by atoms with Gasteiger partial charge in [0.15, 0.2) is 0 Å². The summed E-state index contributed by atoms with van der Waals surface area (Å²) in [6, 6.07) is 12.0. The highest BCUT2D eigenvalue weighted by molar-refractivity contribution is 5.88. The SMILES string of the molecule is COc1ccc2ccccc2c1[C@@H](N)CCCO.Cl. The van der Waals surface area contributed by atoms with Gasteiger partial charge in [0.25, 0.3) is 0 Å². The maximum atomic E-state index is 8.92. The smallest absolute Gasteiger partial charge is 0.124 e. The standard InChI is InChI=1S/C15H19NO2.ClH/c1-18-14-9-8-11-5-2-3-6-12(11)15(14)13(16)7-4-10-17;/h2-3,5-6,8-9,13,17H,4,7,10,16H2,1H3;1H/t13-;/m0./s1. The zero-order valence-corrected chi connectivity index (χ0v) is 11.8. The monoisotopic (exact) mass is 281 g/mol. The molecule has 0 radical (unpaired) electrons. The normalized spacial score (nSPS) is 11.9. The highest BCUT2D eigenvalue weighted by atomic mass is 35.5. The summed E-state index contributed by atoms with van der Waals surface area (Å²) in [6.07, 6.45) is 1.45. The molecule has 104 valence electrons. The Balaban J connectivity index is 0.00000180. The number of aliphatic hydroxyl groups excluding tert-OH is 1. The van der Waals surface area contributed by atoms with E-state index in [-0.39, 0.29) is 25.1 Å². The molecule has 0 amide bonds. The van der Waals surface area contributed by atoms with E-state index in [1.165, 1.54) is 0 Å². The summed E-state index contributed by atoms with van der Waals surface area (Å²) in [5.74, 6) is 0.819. The molecule has 0 aliphatic carbocycles. The van der Waals surface area contributed by atoms with Gasteiger partial charge >= 0.3 is 0 Å². The molecular weight excluding hydrogens is 262 g/mol. The fourth-order valence-electron chi connectivity index (χ4n) is 2.29. The van der Waals surface area contributed by atoms with Crippen molar-refractivity contribution >= 4 is 23.2 Å². The lowest BCUT2D eigenvalue weighted by molar-refractivity contribution is 0.279. The zero-order chi connectivity index (χ0) is 13.0. The minimum atomic E-state index is -0.113. The van der Waals surface area contributed by atoms with Crippen LogP contribution in [0.3, 0.4) is 0 Å². The summed E-state index contributed by atoms with van der Waals surface area (Å²) in [5.41, 5.74) is 7.26.